The predicted molar refractivity (Wildman–Crippen MR) is 56.1 cm³/mol. The second kappa shape index (κ2) is 3.46. The van der Waals surface area contributed by atoms with E-state index < -0.39 is 11.7 Å². The smallest absolute Gasteiger partial charge is 0.256 e. The maximum Gasteiger partial charge on any atom is 0.418 e. The van der Waals surface area contributed by atoms with Crippen molar-refractivity contribution < 1.29 is 13.2 Å². The van der Waals surface area contributed by atoms with E-state index in [2.05, 4.69) is 14.2 Å². The van der Waals surface area contributed by atoms with Gasteiger partial charge >= 0.3 is 6.18 Å². The first kappa shape index (κ1) is 10.4. The minimum atomic E-state index is -4.36. The van der Waals surface area contributed by atoms with Crippen LogP contribution in [0.1, 0.15) is 5.56 Å². The maximum atomic E-state index is 12.6. The zero-order valence-electron chi connectivity index (χ0n) is 7.55. The Morgan fingerprint density at radius 3 is 2.53 bits per heavy atom. The molecule has 0 N–H and O–H groups in total. The van der Waals surface area contributed by atoms with Gasteiger partial charge in [-0.2, -0.15) is 13.2 Å². The first-order chi connectivity index (χ1) is 7.00. The molecule has 0 saturated carbocycles. The molecular formula is C10H7F3NP. The molecule has 15 heavy (non-hydrogen) atoms. The molecule has 0 fully saturated rings. The number of rotatable bonds is 0. The number of hydrogen-bond donors (Lipinski definition) is 0. The molecule has 2 aromatic rings. The van der Waals surface area contributed by atoms with Gasteiger partial charge in [-0.1, -0.05) is 12.1 Å². The molecule has 0 bridgehead atoms. The third kappa shape index (κ3) is 1.82. The van der Waals surface area contributed by atoms with Gasteiger partial charge in [0.1, 0.15) is 0 Å². The second-order valence-electron chi connectivity index (χ2n) is 3.10. The van der Waals surface area contributed by atoms with Crippen molar-refractivity contribution >= 4 is 25.4 Å². The molecule has 5 heteroatoms. The van der Waals surface area contributed by atoms with Crippen LogP contribution >= 0.6 is 9.24 Å². The number of aromatic nitrogens is 1. The molecule has 0 spiro atoms. The Labute approximate surface area is 86.5 Å². The van der Waals surface area contributed by atoms with Gasteiger partial charge in [-0.25, -0.2) is 0 Å². The van der Waals surface area contributed by atoms with Gasteiger partial charge in [0.25, 0.3) is 0 Å². The predicted octanol–water partition coefficient (Wildman–Crippen LogP) is 2.75. The average Bonchev–Trinajstić information content (AvgIpc) is 2.16. The van der Waals surface area contributed by atoms with Gasteiger partial charge in [-0.15, -0.1) is 9.24 Å². The van der Waals surface area contributed by atoms with Crippen molar-refractivity contribution in [2.24, 2.45) is 0 Å². The molecule has 0 aliphatic heterocycles. The van der Waals surface area contributed by atoms with Crippen LogP contribution in [0.5, 0.6) is 0 Å². The summed E-state index contributed by atoms with van der Waals surface area (Å²) in [7, 11) is 2.40. The van der Waals surface area contributed by atoms with E-state index in [1.807, 2.05) is 0 Å². The number of benzene rings is 1. The lowest BCUT2D eigenvalue weighted by molar-refractivity contribution is -0.136. The zero-order chi connectivity index (χ0) is 11.1. The fourth-order valence-corrected chi connectivity index (χ4v) is 1.75. The number of nitrogens with zero attached hydrogens (tertiary/aromatic N) is 1. The van der Waals surface area contributed by atoms with Crippen LogP contribution in [0, 0.1) is 0 Å². The highest BCUT2D eigenvalue weighted by Crippen LogP contribution is 2.33. The SMILES string of the molecule is FC(F)(F)c1cccc2c(P)ccnc12. The Kier molecular flexibility index (Phi) is 2.39. The van der Waals surface area contributed by atoms with Crippen molar-refractivity contribution in [3.05, 3.63) is 36.0 Å². The highest BCUT2D eigenvalue weighted by atomic mass is 31.0. The van der Waals surface area contributed by atoms with Crippen LogP contribution in [0.15, 0.2) is 30.5 Å². The van der Waals surface area contributed by atoms with E-state index in [9.17, 15) is 13.2 Å². The summed E-state index contributed by atoms with van der Waals surface area (Å²) in [6.45, 7) is 0. The van der Waals surface area contributed by atoms with Crippen LogP contribution in [-0.2, 0) is 6.18 Å². The Morgan fingerprint density at radius 1 is 1.13 bits per heavy atom. The summed E-state index contributed by atoms with van der Waals surface area (Å²) in [5.74, 6) is 0. The number of para-hydroxylation sites is 1. The van der Waals surface area contributed by atoms with Gasteiger partial charge in [-0.05, 0) is 17.4 Å². The standard InChI is InChI=1S/C10H7F3NP/c11-10(12,13)7-3-1-2-6-8(15)4-5-14-9(6)7/h1-5H,15H2. The molecule has 0 aliphatic carbocycles. The van der Waals surface area contributed by atoms with Gasteiger partial charge in [0, 0.05) is 11.6 Å². The van der Waals surface area contributed by atoms with Crippen molar-refractivity contribution in [2.45, 2.75) is 6.18 Å². The van der Waals surface area contributed by atoms with Gasteiger partial charge in [0.15, 0.2) is 0 Å². The largest absolute Gasteiger partial charge is 0.418 e. The van der Waals surface area contributed by atoms with E-state index in [1.54, 1.807) is 12.1 Å². The molecule has 1 atom stereocenters. The molecule has 1 nitrogen and oxygen atoms in total. The quantitative estimate of drug-likeness (QED) is 0.633. The van der Waals surface area contributed by atoms with Crippen LogP contribution in [0.3, 0.4) is 0 Å². The molecule has 1 aromatic heterocycles. The number of fused-ring (bicyclic) bond motifs is 1. The third-order valence-corrected chi connectivity index (χ3v) is 2.61. The molecule has 2 rings (SSSR count). The van der Waals surface area contributed by atoms with E-state index in [1.165, 1.54) is 12.3 Å². The molecule has 0 aliphatic rings. The first-order valence-corrected chi connectivity index (χ1v) is 4.78. The number of halogens is 3. The Bertz CT molecular complexity index is 507. The van der Waals surface area contributed by atoms with Gasteiger partial charge in [0.2, 0.25) is 0 Å². The van der Waals surface area contributed by atoms with Crippen molar-refractivity contribution in [2.75, 3.05) is 0 Å². The monoisotopic (exact) mass is 229 g/mol. The Hall–Kier alpha value is -1.15. The van der Waals surface area contributed by atoms with Crippen LogP contribution in [0.2, 0.25) is 0 Å². The summed E-state index contributed by atoms with van der Waals surface area (Å²) >= 11 is 0. The second-order valence-corrected chi connectivity index (χ2v) is 3.72. The number of hydrogen-bond acceptors (Lipinski definition) is 1. The van der Waals surface area contributed by atoms with Crippen LogP contribution in [-0.4, -0.2) is 4.98 Å². The van der Waals surface area contributed by atoms with Crippen molar-refractivity contribution in [1.82, 2.24) is 4.98 Å². The molecule has 1 heterocycles. The molecule has 0 radical (unpaired) electrons. The lowest BCUT2D eigenvalue weighted by Gasteiger charge is -2.09. The maximum absolute atomic E-state index is 12.6. The highest BCUT2D eigenvalue weighted by Gasteiger charge is 2.33. The lowest BCUT2D eigenvalue weighted by atomic mass is 10.1. The fourth-order valence-electron chi connectivity index (χ4n) is 1.43. The number of pyridine rings is 1. The lowest BCUT2D eigenvalue weighted by Crippen LogP contribution is -2.08. The van der Waals surface area contributed by atoms with Crippen LogP contribution in [0.25, 0.3) is 10.9 Å². The number of alkyl halides is 3. The molecular weight excluding hydrogens is 222 g/mol. The van der Waals surface area contributed by atoms with E-state index in [0.29, 0.717) is 10.7 Å². The zero-order valence-corrected chi connectivity index (χ0v) is 8.70. The van der Waals surface area contributed by atoms with Gasteiger partial charge < -0.3 is 0 Å². The van der Waals surface area contributed by atoms with Crippen molar-refractivity contribution in [3.63, 3.8) is 0 Å². The van der Waals surface area contributed by atoms with Crippen molar-refractivity contribution in [1.29, 1.82) is 0 Å². The summed E-state index contributed by atoms with van der Waals surface area (Å²) in [6.07, 6.45) is -2.98. The molecule has 0 amide bonds. The first-order valence-electron chi connectivity index (χ1n) is 4.20. The summed E-state index contributed by atoms with van der Waals surface area (Å²) in [6, 6.07) is 5.72. The van der Waals surface area contributed by atoms with Gasteiger partial charge in [-0.3, -0.25) is 4.98 Å². The summed E-state index contributed by atoms with van der Waals surface area (Å²) in [5.41, 5.74) is -0.693. The average molecular weight is 229 g/mol. The third-order valence-electron chi connectivity index (χ3n) is 2.11. The Morgan fingerprint density at radius 2 is 1.87 bits per heavy atom. The van der Waals surface area contributed by atoms with Crippen LogP contribution < -0.4 is 5.30 Å². The van der Waals surface area contributed by atoms with E-state index in [-0.39, 0.29) is 5.52 Å². The van der Waals surface area contributed by atoms with E-state index >= 15 is 0 Å². The minimum Gasteiger partial charge on any atom is -0.256 e. The highest BCUT2D eigenvalue weighted by molar-refractivity contribution is 7.28. The molecule has 0 saturated heterocycles. The minimum absolute atomic E-state index is 0.00231. The fraction of sp³-hybridized carbons (Fsp3) is 0.100. The summed E-state index contributed by atoms with van der Waals surface area (Å²) < 4.78 is 37.8. The van der Waals surface area contributed by atoms with Crippen LogP contribution in [0.4, 0.5) is 13.2 Å². The normalized spacial score (nSPS) is 12.0. The topological polar surface area (TPSA) is 12.9 Å². The van der Waals surface area contributed by atoms with E-state index in [0.717, 1.165) is 6.07 Å². The molecule has 78 valence electrons. The molecule has 1 unspecified atom stereocenters. The van der Waals surface area contributed by atoms with Crippen molar-refractivity contribution in [3.8, 4) is 0 Å². The van der Waals surface area contributed by atoms with Gasteiger partial charge in [0.05, 0.1) is 11.1 Å². The Balaban J connectivity index is 2.83. The summed E-state index contributed by atoms with van der Waals surface area (Å²) in [4.78, 5) is 3.78. The van der Waals surface area contributed by atoms with E-state index in [4.69, 9.17) is 0 Å². The summed E-state index contributed by atoms with van der Waals surface area (Å²) in [5, 5.41) is 1.23. The molecule has 1 aromatic carbocycles.